The van der Waals surface area contributed by atoms with E-state index in [-0.39, 0.29) is 19.0 Å². The van der Waals surface area contributed by atoms with Crippen molar-refractivity contribution in [1.82, 2.24) is 4.90 Å². The fraction of sp³-hybridized carbons (Fsp3) is 1.00. The van der Waals surface area contributed by atoms with E-state index in [0.717, 1.165) is 0 Å². The van der Waals surface area contributed by atoms with Crippen LogP contribution >= 0.6 is 0 Å². The first-order chi connectivity index (χ1) is 5.09. The molecule has 0 saturated carbocycles. The Kier molecular flexibility index (Phi) is 2.76. The van der Waals surface area contributed by atoms with E-state index in [2.05, 4.69) is 0 Å². The smallest absolute Gasteiger partial charge is 0.251 e. The molecule has 0 unspecified atom stereocenters. The lowest BCUT2D eigenvalue weighted by Gasteiger charge is -2.12. The van der Waals surface area contributed by atoms with Crippen LogP contribution in [0, 0.1) is 5.92 Å². The molecule has 0 aliphatic carbocycles. The zero-order valence-corrected chi connectivity index (χ0v) is 6.43. The first kappa shape index (κ1) is 8.84. The molecule has 0 N–H and O–H groups in total. The van der Waals surface area contributed by atoms with Crippen LogP contribution in [0.25, 0.3) is 0 Å². The molecule has 1 heterocycles. The van der Waals surface area contributed by atoms with Crippen LogP contribution in [0.3, 0.4) is 0 Å². The summed E-state index contributed by atoms with van der Waals surface area (Å²) in [6, 6.07) is 0. The summed E-state index contributed by atoms with van der Waals surface area (Å²) in [4.78, 5) is 1.47. The van der Waals surface area contributed by atoms with Gasteiger partial charge in [0.25, 0.3) is 6.43 Å². The maximum atomic E-state index is 12.7. The van der Waals surface area contributed by atoms with Gasteiger partial charge >= 0.3 is 0 Å². The second kappa shape index (κ2) is 3.43. The first-order valence-corrected chi connectivity index (χ1v) is 3.74. The van der Waals surface area contributed by atoms with Crippen LogP contribution in [-0.2, 0) is 0 Å². The van der Waals surface area contributed by atoms with Crippen LogP contribution in [0.1, 0.15) is 6.92 Å². The molecular formula is C7H12F3N. The van der Waals surface area contributed by atoms with Crippen molar-refractivity contribution in [1.29, 1.82) is 0 Å². The minimum absolute atomic E-state index is 0.0891. The van der Waals surface area contributed by atoms with Gasteiger partial charge < -0.3 is 0 Å². The Bertz CT molecular complexity index is 116. The lowest BCUT2D eigenvalue weighted by molar-refractivity contribution is 0.0962. The predicted octanol–water partition coefficient (Wildman–Crippen LogP) is 1.54. The molecule has 66 valence electrons. The molecule has 4 heteroatoms. The highest BCUT2D eigenvalue weighted by atomic mass is 19.3. The maximum Gasteiger partial charge on any atom is 0.251 e. The quantitative estimate of drug-likeness (QED) is 0.603. The van der Waals surface area contributed by atoms with Crippen molar-refractivity contribution < 1.29 is 13.2 Å². The number of likely N-dealkylation sites (tertiary alicyclic amines) is 1. The second-order valence-corrected chi connectivity index (χ2v) is 3.10. The molecule has 1 rings (SSSR count). The third kappa shape index (κ3) is 2.36. The molecule has 0 bridgehead atoms. The highest BCUT2D eigenvalue weighted by Crippen LogP contribution is 2.19. The summed E-state index contributed by atoms with van der Waals surface area (Å²) < 4.78 is 36.3. The Morgan fingerprint density at radius 1 is 1.45 bits per heavy atom. The Labute approximate surface area is 64.2 Å². The molecule has 0 aromatic heterocycles. The van der Waals surface area contributed by atoms with Crippen molar-refractivity contribution >= 4 is 0 Å². The number of hydrogen-bond acceptors (Lipinski definition) is 1. The van der Waals surface area contributed by atoms with Crippen molar-refractivity contribution in [3.63, 3.8) is 0 Å². The lowest BCUT2D eigenvalue weighted by Crippen LogP contribution is -2.26. The Morgan fingerprint density at radius 3 is 2.45 bits per heavy atom. The average Bonchev–Trinajstić information content (AvgIpc) is 2.10. The fourth-order valence-electron chi connectivity index (χ4n) is 1.37. The van der Waals surface area contributed by atoms with E-state index in [9.17, 15) is 13.2 Å². The van der Waals surface area contributed by atoms with Crippen LogP contribution in [0.15, 0.2) is 0 Å². The van der Waals surface area contributed by atoms with E-state index >= 15 is 0 Å². The Morgan fingerprint density at radius 2 is 2.09 bits per heavy atom. The van der Waals surface area contributed by atoms with E-state index < -0.39 is 12.6 Å². The number of hydrogen-bond donors (Lipinski definition) is 0. The summed E-state index contributed by atoms with van der Waals surface area (Å²) in [7, 11) is 0. The molecule has 1 aliphatic rings. The first-order valence-electron chi connectivity index (χ1n) is 3.74. The van der Waals surface area contributed by atoms with Gasteiger partial charge in [-0.2, -0.15) is 0 Å². The molecule has 1 saturated heterocycles. The third-order valence-corrected chi connectivity index (χ3v) is 1.99. The van der Waals surface area contributed by atoms with Gasteiger partial charge in [0.1, 0.15) is 6.17 Å². The third-order valence-electron chi connectivity index (χ3n) is 1.99. The predicted molar refractivity (Wildman–Crippen MR) is 36.5 cm³/mol. The van der Waals surface area contributed by atoms with Gasteiger partial charge in [0, 0.05) is 19.0 Å². The summed E-state index contributed by atoms with van der Waals surface area (Å²) in [5.41, 5.74) is 0. The van der Waals surface area contributed by atoms with Crippen molar-refractivity contribution in [2.45, 2.75) is 19.5 Å². The largest absolute Gasteiger partial charge is 0.294 e. The molecule has 1 nitrogen and oxygen atoms in total. The van der Waals surface area contributed by atoms with Gasteiger partial charge in [0.05, 0.1) is 6.54 Å². The normalized spacial score (nSPS) is 33.5. The van der Waals surface area contributed by atoms with Gasteiger partial charge in [-0.25, -0.2) is 13.2 Å². The average molecular weight is 167 g/mol. The highest BCUT2D eigenvalue weighted by Gasteiger charge is 2.30. The minimum Gasteiger partial charge on any atom is -0.294 e. The maximum absolute atomic E-state index is 12.7. The summed E-state index contributed by atoms with van der Waals surface area (Å²) in [5, 5.41) is 0. The van der Waals surface area contributed by atoms with E-state index in [1.807, 2.05) is 0 Å². The molecule has 0 aromatic carbocycles. The molecule has 0 spiro atoms. The van der Waals surface area contributed by atoms with Crippen molar-refractivity contribution in [2.75, 3.05) is 19.6 Å². The van der Waals surface area contributed by atoms with E-state index in [1.165, 1.54) is 4.90 Å². The highest BCUT2D eigenvalue weighted by molar-refractivity contribution is 4.81. The van der Waals surface area contributed by atoms with Gasteiger partial charge in [-0.05, 0) is 0 Å². The molecule has 1 aliphatic heterocycles. The van der Waals surface area contributed by atoms with E-state index in [0.29, 0.717) is 6.54 Å². The van der Waals surface area contributed by atoms with Crippen LogP contribution < -0.4 is 0 Å². The van der Waals surface area contributed by atoms with Crippen molar-refractivity contribution in [3.05, 3.63) is 0 Å². The topological polar surface area (TPSA) is 3.24 Å². The molecule has 2 atom stereocenters. The second-order valence-electron chi connectivity index (χ2n) is 3.10. The van der Waals surface area contributed by atoms with Crippen LogP contribution in [0.4, 0.5) is 13.2 Å². The van der Waals surface area contributed by atoms with Gasteiger partial charge in [0.15, 0.2) is 0 Å². The Hall–Kier alpha value is -0.250. The SMILES string of the molecule is C[C@H]1CN(CC(F)F)C[C@@H]1F. The summed E-state index contributed by atoms with van der Waals surface area (Å²) >= 11 is 0. The zero-order valence-electron chi connectivity index (χ0n) is 6.43. The lowest BCUT2D eigenvalue weighted by atomic mass is 10.1. The molecular weight excluding hydrogens is 155 g/mol. The summed E-state index contributed by atoms with van der Waals surface area (Å²) in [6.07, 6.45) is -3.26. The van der Waals surface area contributed by atoms with E-state index in [4.69, 9.17) is 0 Å². The Balaban J connectivity index is 2.29. The van der Waals surface area contributed by atoms with E-state index in [1.54, 1.807) is 6.92 Å². The van der Waals surface area contributed by atoms with Gasteiger partial charge in [0.2, 0.25) is 0 Å². The number of nitrogens with zero attached hydrogens (tertiary/aromatic N) is 1. The van der Waals surface area contributed by atoms with Crippen molar-refractivity contribution in [2.24, 2.45) is 5.92 Å². The van der Waals surface area contributed by atoms with Crippen molar-refractivity contribution in [3.8, 4) is 0 Å². The minimum atomic E-state index is -2.34. The molecule has 0 amide bonds. The molecule has 0 aromatic rings. The monoisotopic (exact) mass is 167 g/mol. The molecule has 0 radical (unpaired) electrons. The van der Waals surface area contributed by atoms with Crippen LogP contribution in [0.5, 0.6) is 0 Å². The van der Waals surface area contributed by atoms with Gasteiger partial charge in [-0.15, -0.1) is 0 Å². The zero-order chi connectivity index (χ0) is 8.43. The van der Waals surface area contributed by atoms with Gasteiger partial charge in [-0.3, -0.25) is 4.90 Å². The van der Waals surface area contributed by atoms with Crippen LogP contribution in [-0.4, -0.2) is 37.1 Å². The summed E-state index contributed by atoms with van der Waals surface area (Å²) in [5.74, 6) is -0.0891. The summed E-state index contributed by atoms with van der Waals surface area (Å²) in [6.45, 7) is 2.10. The van der Waals surface area contributed by atoms with Gasteiger partial charge in [-0.1, -0.05) is 6.92 Å². The fourth-order valence-corrected chi connectivity index (χ4v) is 1.37. The van der Waals surface area contributed by atoms with Crippen LogP contribution in [0.2, 0.25) is 0 Å². The molecule has 11 heavy (non-hydrogen) atoms. The number of rotatable bonds is 2. The number of halogens is 3. The number of alkyl halides is 3. The standard InChI is InChI=1S/C7H12F3N/c1-5-2-11(3-6(5)8)4-7(9)10/h5-7H,2-4H2,1H3/t5-,6-/m0/s1. The molecule has 1 fully saturated rings.